The molecule has 0 bridgehead atoms. The molecule has 11 nitrogen and oxygen atoms in total. The van der Waals surface area contributed by atoms with Gasteiger partial charge in [-0.15, -0.1) is 0 Å². The number of imide groups is 1. The van der Waals surface area contributed by atoms with Crippen molar-refractivity contribution in [1.82, 2.24) is 20.2 Å². The molecule has 1 atom stereocenters. The third-order valence-electron chi connectivity index (χ3n) is 5.17. The van der Waals surface area contributed by atoms with Gasteiger partial charge in [-0.05, 0) is 42.8 Å². The Morgan fingerprint density at radius 1 is 1.00 bits per heavy atom. The number of sulfonamides is 1. The summed E-state index contributed by atoms with van der Waals surface area (Å²) in [6, 6.07) is 15.0. The number of amides is 4. The lowest BCUT2D eigenvalue weighted by Crippen LogP contribution is -2.42. The molecule has 0 radical (unpaired) electrons. The molecular weight excluding hydrogens is 460 g/mol. The molecule has 0 spiro atoms. The molecule has 1 aliphatic rings. The number of urea groups is 1. The van der Waals surface area contributed by atoms with E-state index >= 15 is 0 Å². The van der Waals surface area contributed by atoms with E-state index in [4.69, 9.17) is 0 Å². The average Bonchev–Trinajstić information content (AvgIpc) is 3.04. The maximum atomic E-state index is 12.9. The van der Waals surface area contributed by atoms with Crippen LogP contribution in [0.15, 0.2) is 78.0 Å². The number of anilines is 2. The molecule has 12 heteroatoms. The molecule has 174 valence electrons. The maximum absolute atomic E-state index is 12.9. The first-order chi connectivity index (χ1) is 16.2. The summed E-state index contributed by atoms with van der Waals surface area (Å²) >= 11 is 0. The second-order valence-corrected chi connectivity index (χ2v) is 9.25. The van der Waals surface area contributed by atoms with Crippen molar-refractivity contribution in [3.05, 3.63) is 78.6 Å². The Balaban J connectivity index is 1.41. The van der Waals surface area contributed by atoms with Gasteiger partial charge >= 0.3 is 6.03 Å². The topological polar surface area (TPSA) is 150 Å². The summed E-state index contributed by atoms with van der Waals surface area (Å²) in [7, 11) is -3.92. The van der Waals surface area contributed by atoms with Gasteiger partial charge in [0.15, 0.2) is 0 Å². The predicted octanol–water partition coefficient (Wildman–Crippen LogP) is 1.68. The fourth-order valence-electron chi connectivity index (χ4n) is 3.40. The van der Waals surface area contributed by atoms with Gasteiger partial charge in [0, 0.05) is 18.1 Å². The molecule has 3 aromatic rings. The van der Waals surface area contributed by atoms with Gasteiger partial charge in [-0.1, -0.05) is 30.3 Å². The number of rotatable bonds is 7. The van der Waals surface area contributed by atoms with E-state index < -0.39 is 40.0 Å². The Bertz CT molecular complexity index is 1330. The second kappa shape index (κ2) is 8.90. The van der Waals surface area contributed by atoms with Gasteiger partial charge in [-0.25, -0.2) is 27.9 Å². The molecule has 0 saturated carbocycles. The summed E-state index contributed by atoms with van der Waals surface area (Å²) in [5.41, 5.74) is -0.384. The summed E-state index contributed by atoms with van der Waals surface area (Å²) in [6.07, 6.45) is 2.80. The van der Waals surface area contributed by atoms with Crippen LogP contribution in [0.25, 0.3) is 0 Å². The molecule has 1 aliphatic heterocycles. The smallest absolute Gasteiger partial charge is 0.325 e. The third-order valence-corrected chi connectivity index (χ3v) is 6.51. The van der Waals surface area contributed by atoms with Crippen LogP contribution in [-0.4, -0.2) is 47.7 Å². The molecule has 2 aromatic carbocycles. The molecule has 1 fully saturated rings. The zero-order valence-electron chi connectivity index (χ0n) is 17.9. The van der Waals surface area contributed by atoms with Gasteiger partial charge in [-0.3, -0.25) is 14.5 Å². The predicted molar refractivity (Wildman–Crippen MR) is 122 cm³/mol. The lowest BCUT2D eigenvalue weighted by atomic mass is 9.92. The van der Waals surface area contributed by atoms with Crippen molar-refractivity contribution in [3.63, 3.8) is 0 Å². The lowest BCUT2D eigenvalue weighted by Gasteiger charge is -2.22. The van der Waals surface area contributed by atoms with Crippen molar-refractivity contribution >= 4 is 39.5 Å². The highest BCUT2D eigenvalue weighted by Crippen LogP contribution is 2.28. The fourth-order valence-corrected chi connectivity index (χ4v) is 4.36. The third kappa shape index (κ3) is 4.57. The number of aromatic nitrogens is 2. The number of carbonyl (C=O) groups excluding carboxylic acids is 3. The van der Waals surface area contributed by atoms with Gasteiger partial charge < -0.3 is 10.6 Å². The highest BCUT2D eigenvalue weighted by molar-refractivity contribution is 7.92. The average molecular weight is 481 g/mol. The van der Waals surface area contributed by atoms with Gasteiger partial charge in [0.1, 0.15) is 12.1 Å². The van der Waals surface area contributed by atoms with Crippen LogP contribution in [0.3, 0.4) is 0 Å². The SMILES string of the molecule is C[C@]1(c2ccccc2)NC(=O)N(CC(=O)Nc2ccc(S(=O)(=O)Nc3ncccn3)cc2)C1=O. The van der Waals surface area contributed by atoms with Crippen molar-refractivity contribution < 1.29 is 22.8 Å². The number of nitrogens with one attached hydrogen (secondary N) is 3. The number of nitrogens with zero attached hydrogens (tertiary/aromatic N) is 3. The molecule has 4 amide bonds. The molecular formula is C22H20N6O5S. The molecule has 0 aliphatic carbocycles. The first-order valence-corrected chi connectivity index (χ1v) is 11.6. The lowest BCUT2D eigenvalue weighted by molar-refractivity contribution is -0.133. The van der Waals surface area contributed by atoms with Crippen molar-refractivity contribution in [3.8, 4) is 0 Å². The van der Waals surface area contributed by atoms with Crippen LogP contribution in [0.1, 0.15) is 12.5 Å². The van der Waals surface area contributed by atoms with Gasteiger partial charge in [0.05, 0.1) is 4.90 Å². The number of hydrogen-bond acceptors (Lipinski definition) is 7. The van der Waals surface area contributed by atoms with Crippen LogP contribution < -0.4 is 15.4 Å². The Morgan fingerprint density at radius 2 is 1.65 bits per heavy atom. The quantitative estimate of drug-likeness (QED) is 0.435. The van der Waals surface area contributed by atoms with Crippen LogP contribution in [0.5, 0.6) is 0 Å². The van der Waals surface area contributed by atoms with E-state index in [-0.39, 0.29) is 16.5 Å². The van der Waals surface area contributed by atoms with Crippen LogP contribution in [-0.2, 0) is 25.2 Å². The van der Waals surface area contributed by atoms with Crippen molar-refractivity contribution in [2.24, 2.45) is 0 Å². The minimum atomic E-state index is -3.92. The summed E-state index contributed by atoms with van der Waals surface area (Å²) in [5, 5.41) is 5.19. The number of carbonyl (C=O) groups is 3. The van der Waals surface area contributed by atoms with E-state index in [1.807, 2.05) is 0 Å². The first kappa shape index (κ1) is 22.9. The van der Waals surface area contributed by atoms with Gasteiger partial charge in [-0.2, -0.15) is 0 Å². The van der Waals surface area contributed by atoms with E-state index in [0.29, 0.717) is 5.56 Å². The van der Waals surface area contributed by atoms with E-state index in [2.05, 4.69) is 25.3 Å². The first-order valence-electron chi connectivity index (χ1n) is 10.1. The van der Waals surface area contributed by atoms with Crippen LogP contribution in [0.2, 0.25) is 0 Å². The van der Waals surface area contributed by atoms with Crippen LogP contribution in [0, 0.1) is 0 Å². The second-order valence-electron chi connectivity index (χ2n) is 7.56. The van der Waals surface area contributed by atoms with Crippen molar-refractivity contribution in [2.45, 2.75) is 17.4 Å². The van der Waals surface area contributed by atoms with E-state index in [1.165, 1.54) is 36.7 Å². The number of hydrogen-bond donors (Lipinski definition) is 3. The highest BCUT2D eigenvalue weighted by Gasteiger charge is 2.49. The van der Waals surface area contributed by atoms with Gasteiger partial charge in [0.2, 0.25) is 11.9 Å². The summed E-state index contributed by atoms with van der Waals surface area (Å²) in [5.74, 6) is -1.24. The molecule has 1 saturated heterocycles. The zero-order chi connectivity index (χ0) is 24.3. The van der Waals surface area contributed by atoms with E-state index in [1.54, 1.807) is 43.3 Å². The fraction of sp³-hybridized carbons (Fsp3) is 0.136. The summed E-state index contributed by atoms with van der Waals surface area (Å²) in [6.45, 7) is 1.08. The van der Waals surface area contributed by atoms with Crippen molar-refractivity contribution in [2.75, 3.05) is 16.6 Å². The Kier molecular flexibility index (Phi) is 5.99. The van der Waals surface area contributed by atoms with Crippen molar-refractivity contribution in [1.29, 1.82) is 0 Å². The van der Waals surface area contributed by atoms with Crippen LogP contribution in [0.4, 0.5) is 16.4 Å². The Hall–Kier alpha value is -4.32. The molecule has 1 aromatic heterocycles. The van der Waals surface area contributed by atoms with Gasteiger partial charge in [0.25, 0.3) is 15.9 Å². The molecule has 4 rings (SSSR count). The number of benzene rings is 2. The minimum Gasteiger partial charge on any atom is -0.325 e. The monoisotopic (exact) mass is 480 g/mol. The van der Waals surface area contributed by atoms with Crippen LogP contribution >= 0.6 is 0 Å². The molecule has 34 heavy (non-hydrogen) atoms. The summed E-state index contributed by atoms with van der Waals surface area (Å²) < 4.78 is 27.1. The molecule has 0 unspecified atom stereocenters. The Labute approximate surface area is 195 Å². The van der Waals surface area contributed by atoms with E-state index in [0.717, 1.165) is 4.90 Å². The van der Waals surface area contributed by atoms with E-state index in [9.17, 15) is 22.8 Å². The Morgan fingerprint density at radius 3 is 2.29 bits per heavy atom. The highest BCUT2D eigenvalue weighted by atomic mass is 32.2. The normalized spacial score (nSPS) is 17.9. The maximum Gasteiger partial charge on any atom is 0.325 e. The summed E-state index contributed by atoms with van der Waals surface area (Å²) in [4.78, 5) is 46.2. The molecule has 3 N–H and O–H groups in total. The molecule has 2 heterocycles. The zero-order valence-corrected chi connectivity index (χ0v) is 18.7. The largest absolute Gasteiger partial charge is 0.325 e. The minimum absolute atomic E-state index is 0.0642. The standard InChI is InChI=1S/C22H20N6O5S/c1-22(15-6-3-2-4-7-15)19(30)28(21(31)26-22)14-18(29)25-16-8-10-17(11-9-16)34(32,33)27-20-23-12-5-13-24-20/h2-13H,14H2,1H3,(H,25,29)(H,26,31)(H,23,24,27)/t22-/m1/s1.